The lowest BCUT2D eigenvalue weighted by atomic mass is 9.89. The van der Waals surface area contributed by atoms with Crippen LogP contribution in [0.3, 0.4) is 0 Å². The van der Waals surface area contributed by atoms with E-state index < -0.39 is 22.3 Å². The van der Waals surface area contributed by atoms with E-state index in [1.54, 1.807) is 0 Å². The lowest BCUT2D eigenvalue weighted by Gasteiger charge is -2.33. The fourth-order valence-corrected chi connectivity index (χ4v) is 4.67. The maximum Gasteiger partial charge on any atom is 0.261 e. The minimum absolute atomic E-state index is 0.246. The first-order valence-corrected chi connectivity index (χ1v) is 12.2. The van der Waals surface area contributed by atoms with Crippen LogP contribution in [0, 0.1) is 0 Å². The minimum Gasteiger partial charge on any atom is -0.391 e. The van der Waals surface area contributed by atoms with Gasteiger partial charge in [-0.15, -0.1) is 0 Å². The maximum absolute atomic E-state index is 10.2. The Labute approximate surface area is 182 Å². The molecular formula is C24H27NO5S. The molecule has 164 valence electrons. The molecule has 2 aliphatic rings. The monoisotopic (exact) mass is 441 g/mol. The van der Waals surface area contributed by atoms with Gasteiger partial charge in [0, 0.05) is 6.54 Å². The van der Waals surface area contributed by atoms with Gasteiger partial charge in [-0.25, -0.2) is 0 Å². The van der Waals surface area contributed by atoms with Gasteiger partial charge in [0.15, 0.2) is 0 Å². The SMILES string of the molecule is CS(=O)(=O)O.O[C@@H]1CCC[C@H](O)C1NCc1ccc2c3c(cccc13)-c1ccccc1-2. The minimum atomic E-state index is -3.67. The summed E-state index contributed by atoms with van der Waals surface area (Å²) in [6.45, 7) is 0.648. The number of benzene rings is 3. The molecule has 0 heterocycles. The van der Waals surface area contributed by atoms with E-state index in [2.05, 4.69) is 59.9 Å². The largest absolute Gasteiger partial charge is 0.391 e. The average molecular weight is 442 g/mol. The van der Waals surface area contributed by atoms with Crippen molar-refractivity contribution in [1.82, 2.24) is 5.32 Å². The van der Waals surface area contributed by atoms with Gasteiger partial charge >= 0.3 is 0 Å². The van der Waals surface area contributed by atoms with Gasteiger partial charge in [0.25, 0.3) is 10.1 Å². The Bertz CT molecular complexity index is 1160. The van der Waals surface area contributed by atoms with Crippen LogP contribution < -0.4 is 5.32 Å². The van der Waals surface area contributed by atoms with Crippen molar-refractivity contribution in [3.8, 4) is 22.3 Å². The Hall–Kier alpha value is -2.29. The van der Waals surface area contributed by atoms with Crippen LogP contribution in [0.1, 0.15) is 24.8 Å². The molecule has 0 aliphatic heterocycles. The zero-order valence-electron chi connectivity index (χ0n) is 17.3. The van der Waals surface area contributed by atoms with E-state index in [9.17, 15) is 18.6 Å². The molecule has 0 amide bonds. The highest BCUT2D eigenvalue weighted by Crippen LogP contribution is 2.47. The lowest BCUT2D eigenvalue weighted by Crippen LogP contribution is -2.50. The average Bonchev–Trinajstić information content (AvgIpc) is 3.04. The summed E-state index contributed by atoms with van der Waals surface area (Å²) in [4.78, 5) is 0. The fraction of sp³-hybridized carbons (Fsp3) is 0.333. The van der Waals surface area contributed by atoms with Gasteiger partial charge < -0.3 is 15.5 Å². The van der Waals surface area contributed by atoms with Crippen LogP contribution >= 0.6 is 0 Å². The topological polar surface area (TPSA) is 107 Å². The van der Waals surface area contributed by atoms with Crippen molar-refractivity contribution >= 4 is 20.9 Å². The lowest BCUT2D eigenvalue weighted by molar-refractivity contribution is 0.000911. The first-order valence-electron chi connectivity index (χ1n) is 10.4. The van der Waals surface area contributed by atoms with E-state index in [1.165, 1.54) is 38.6 Å². The summed E-state index contributed by atoms with van der Waals surface area (Å²) >= 11 is 0. The second-order valence-corrected chi connectivity index (χ2v) is 9.72. The van der Waals surface area contributed by atoms with Crippen molar-refractivity contribution in [2.75, 3.05) is 6.26 Å². The van der Waals surface area contributed by atoms with Gasteiger partial charge in [-0.3, -0.25) is 4.55 Å². The third-order valence-electron chi connectivity index (χ3n) is 6.00. The van der Waals surface area contributed by atoms with Gasteiger partial charge in [0.1, 0.15) is 0 Å². The molecule has 0 bridgehead atoms. The Kier molecular flexibility index (Phi) is 6.14. The smallest absolute Gasteiger partial charge is 0.261 e. The van der Waals surface area contributed by atoms with Gasteiger partial charge in [0.2, 0.25) is 0 Å². The molecular weight excluding hydrogens is 414 g/mol. The van der Waals surface area contributed by atoms with Crippen LogP contribution in [0.15, 0.2) is 54.6 Å². The molecule has 31 heavy (non-hydrogen) atoms. The van der Waals surface area contributed by atoms with Crippen molar-refractivity contribution in [2.24, 2.45) is 0 Å². The highest BCUT2D eigenvalue weighted by atomic mass is 32.2. The van der Waals surface area contributed by atoms with Crippen molar-refractivity contribution in [1.29, 1.82) is 0 Å². The highest BCUT2D eigenvalue weighted by Gasteiger charge is 2.30. The molecule has 0 radical (unpaired) electrons. The first-order chi connectivity index (χ1) is 14.7. The number of hydrogen-bond donors (Lipinski definition) is 4. The Morgan fingerprint density at radius 1 is 0.871 bits per heavy atom. The number of rotatable bonds is 3. The Morgan fingerprint density at radius 2 is 1.42 bits per heavy atom. The molecule has 6 nitrogen and oxygen atoms in total. The van der Waals surface area contributed by atoms with Gasteiger partial charge in [-0.2, -0.15) is 8.42 Å². The first kappa shape index (κ1) is 21.9. The molecule has 4 N–H and O–H groups in total. The maximum atomic E-state index is 10.2. The molecule has 0 spiro atoms. The van der Waals surface area contributed by atoms with E-state index in [0.717, 1.165) is 19.3 Å². The fourth-order valence-electron chi connectivity index (χ4n) is 4.67. The predicted molar refractivity (Wildman–Crippen MR) is 122 cm³/mol. The molecule has 3 atom stereocenters. The molecule has 0 aromatic heterocycles. The van der Waals surface area contributed by atoms with Crippen molar-refractivity contribution in [3.05, 3.63) is 60.2 Å². The van der Waals surface area contributed by atoms with Gasteiger partial charge in [-0.1, -0.05) is 54.6 Å². The van der Waals surface area contributed by atoms with Crippen molar-refractivity contribution in [2.45, 2.75) is 44.1 Å². The van der Waals surface area contributed by atoms with E-state index in [1.807, 2.05) is 0 Å². The Morgan fingerprint density at radius 3 is 2.03 bits per heavy atom. The normalized spacial score (nSPS) is 22.0. The molecule has 5 rings (SSSR count). The molecule has 3 aromatic carbocycles. The summed E-state index contributed by atoms with van der Waals surface area (Å²) in [5.41, 5.74) is 6.41. The van der Waals surface area contributed by atoms with Crippen molar-refractivity contribution in [3.63, 3.8) is 0 Å². The van der Waals surface area contributed by atoms with Gasteiger partial charge in [-0.05, 0) is 57.9 Å². The molecule has 0 saturated heterocycles. The van der Waals surface area contributed by atoms with Crippen LogP contribution in [0.5, 0.6) is 0 Å². The summed E-state index contributed by atoms with van der Waals surface area (Å²) in [6, 6.07) is 19.2. The van der Waals surface area contributed by atoms with E-state index in [0.29, 0.717) is 12.8 Å². The molecule has 1 saturated carbocycles. The molecule has 3 aromatic rings. The quantitative estimate of drug-likeness (QED) is 0.363. The van der Waals surface area contributed by atoms with E-state index in [-0.39, 0.29) is 6.04 Å². The number of aliphatic hydroxyl groups excluding tert-OH is 2. The second kappa shape index (κ2) is 8.68. The summed E-state index contributed by atoms with van der Waals surface area (Å²) in [5.74, 6) is 0. The summed E-state index contributed by atoms with van der Waals surface area (Å²) < 4.78 is 25.9. The molecule has 1 fully saturated rings. The van der Waals surface area contributed by atoms with Gasteiger partial charge in [0.05, 0.1) is 24.5 Å². The van der Waals surface area contributed by atoms with Crippen LogP contribution in [0.25, 0.3) is 33.0 Å². The number of nitrogens with one attached hydrogen (secondary N) is 1. The standard InChI is InChI=1S/C23H23NO2.CH4O3S/c25-20-9-4-10-21(26)23(20)24-13-14-11-12-19-17-6-2-1-5-16(17)18-8-3-7-15(14)22(18)19;1-5(2,3)4/h1-3,5-8,11-12,20-21,23-26H,4,9-10,13H2;1H3,(H,2,3,4)/t20-,21+,23?;. The summed E-state index contributed by atoms with van der Waals surface area (Å²) in [6.07, 6.45) is 2.17. The van der Waals surface area contributed by atoms with Crippen LogP contribution in [0.4, 0.5) is 0 Å². The number of aliphatic hydroxyl groups is 2. The third-order valence-corrected chi connectivity index (χ3v) is 6.00. The van der Waals surface area contributed by atoms with E-state index >= 15 is 0 Å². The van der Waals surface area contributed by atoms with Crippen LogP contribution in [-0.4, -0.2) is 47.7 Å². The van der Waals surface area contributed by atoms with E-state index in [4.69, 9.17) is 4.55 Å². The number of hydrogen-bond acceptors (Lipinski definition) is 5. The zero-order valence-corrected chi connectivity index (χ0v) is 18.1. The van der Waals surface area contributed by atoms with Crippen LogP contribution in [0.2, 0.25) is 0 Å². The molecule has 2 aliphatic carbocycles. The molecule has 1 unspecified atom stereocenters. The van der Waals surface area contributed by atoms with Crippen molar-refractivity contribution < 1.29 is 23.2 Å². The van der Waals surface area contributed by atoms with Crippen LogP contribution in [-0.2, 0) is 16.7 Å². The second-order valence-electron chi connectivity index (χ2n) is 8.25. The predicted octanol–water partition coefficient (Wildman–Crippen LogP) is 3.36. The third kappa shape index (κ3) is 4.66. The number of fused-ring (bicyclic) bond motifs is 3. The summed E-state index contributed by atoms with van der Waals surface area (Å²) in [7, 11) is -3.67. The molecule has 7 heteroatoms. The highest BCUT2D eigenvalue weighted by molar-refractivity contribution is 7.85. The summed E-state index contributed by atoms with van der Waals surface area (Å²) in [5, 5.41) is 26.4. The zero-order chi connectivity index (χ0) is 22.2. The Balaban J connectivity index is 0.000000418.